The van der Waals surface area contributed by atoms with Crippen LogP contribution in [0, 0.1) is 13.8 Å². The summed E-state index contributed by atoms with van der Waals surface area (Å²) in [5.74, 6) is -0.150. The third-order valence-corrected chi connectivity index (χ3v) is 4.14. The summed E-state index contributed by atoms with van der Waals surface area (Å²) in [6.07, 6.45) is 1.34. The maximum Gasteiger partial charge on any atom is 0.295 e. The highest BCUT2D eigenvalue weighted by Crippen LogP contribution is 2.31. The molecule has 1 aromatic heterocycles. The average molecular weight is 290 g/mol. The standard InChI is InChI=1S/C14H14N2O3S/c1-8-3-4-9(2)12-11(8)15-14(20-12)16-13(17)10-7-18-5-6-19-10/h3-4,7H,5-6H2,1-2H3,(H,15,16,17). The summed E-state index contributed by atoms with van der Waals surface area (Å²) in [6, 6.07) is 4.09. The molecule has 0 bridgehead atoms. The van der Waals surface area contributed by atoms with Gasteiger partial charge in [0.2, 0.25) is 5.76 Å². The highest BCUT2D eigenvalue weighted by molar-refractivity contribution is 7.22. The lowest BCUT2D eigenvalue weighted by molar-refractivity contribution is -0.117. The maximum absolute atomic E-state index is 12.0. The monoisotopic (exact) mass is 290 g/mol. The van der Waals surface area contributed by atoms with Gasteiger partial charge in [-0.2, -0.15) is 0 Å². The Balaban J connectivity index is 1.88. The van der Waals surface area contributed by atoms with Crippen molar-refractivity contribution in [3.05, 3.63) is 35.3 Å². The number of ether oxygens (including phenoxy) is 2. The summed E-state index contributed by atoms with van der Waals surface area (Å²) < 4.78 is 11.4. The molecule has 0 fully saturated rings. The van der Waals surface area contributed by atoms with Crippen LogP contribution in [0.5, 0.6) is 0 Å². The normalized spacial score (nSPS) is 14.4. The number of aryl methyl sites for hydroxylation is 2. The first-order valence-corrected chi connectivity index (χ1v) is 7.09. The Bertz CT molecular complexity index is 667. The third-order valence-electron chi connectivity index (χ3n) is 3.04. The van der Waals surface area contributed by atoms with E-state index in [1.165, 1.54) is 17.6 Å². The van der Waals surface area contributed by atoms with Crippen LogP contribution in [-0.4, -0.2) is 24.1 Å². The predicted octanol–water partition coefficient (Wildman–Crippen LogP) is 2.74. The quantitative estimate of drug-likeness (QED) is 0.924. The number of carbonyl (C=O) groups excluding carboxylic acids is 1. The van der Waals surface area contributed by atoms with E-state index < -0.39 is 0 Å². The first-order valence-electron chi connectivity index (χ1n) is 6.28. The molecule has 20 heavy (non-hydrogen) atoms. The van der Waals surface area contributed by atoms with Crippen LogP contribution in [0.1, 0.15) is 11.1 Å². The molecule has 0 saturated heterocycles. The van der Waals surface area contributed by atoms with Crippen molar-refractivity contribution in [3.8, 4) is 0 Å². The minimum absolute atomic E-state index is 0.184. The molecule has 1 aliphatic rings. The molecule has 1 aromatic carbocycles. The number of amides is 1. The number of thiazole rings is 1. The molecule has 5 nitrogen and oxygen atoms in total. The van der Waals surface area contributed by atoms with Gasteiger partial charge < -0.3 is 9.47 Å². The number of hydrogen-bond donors (Lipinski definition) is 1. The van der Waals surface area contributed by atoms with E-state index in [1.807, 2.05) is 19.9 Å². The number of nitrogens with zero attached hydrogens (tertiary/aromatic N) is 1. The van der Waals surface area contributed by atoms with Gasteiger partial charge in [0.1, 0.15) is 19.5 Å². The molecule has 104 valence electrons. The van der Waals surface area contributed by atoms with Gasteiger partial charge in [-0.15, -0.1) is 0 Å². The SMILES string of the molecule is Cc1ccc(C)c2sc(NC(=O)C3=COCCO3)nc12. The second kappa shape index (κ2) is 5.13. The second-order valence-corrected chi connectivity index (χ2v) is 5.55. The summed E-state index contributed by atoms with van der Waals surface area (Å²) in [6.45, 7) is 4.90. The van der Waals surface area contributed by atoms with Gasteiger partial charge in [0, 0.05) is 0 Å². The lowest BCUT2D eigenvalue weighted by Crippen LogP contribution is -2.20. The number of nitrogens with one attached hydrogen (secondary N) is 1. The van der Waals surface area contributed by atoms with E-state index in [0.717, 1.165) is 21.3 Å². The zero-order valence-electron chi connectivity index (χ0n) is 11.2. The number of aromatic nitrogens is 1. The minimum atomic E-state index is -0.334. The molecular weight excluding hydrogens is 276 g/mol. The van der Waals surface area contributed by atoms with Crippen LogP contribution in [0.25, 0.3) is 10.2 Å². The number of rotatable bonds is 2. The van der Waals surface area contributed by atoms with Gasteiger partial charge in [0.25, 0.3) is 5.91 Å². The molecule has 1 aliphatic heterocycles. The summed E-state index contributed by atoms with van der Waals surface area (Å²) in [5.41, 5.74) is 3.18. The van der Waals surface area contributed by atoms with E-state index in [9.17, 15) is 4.79 Å². The Hall–Kier alpha value is -2.08. The molecule has 1 amide bonds. The Kier molecular flexibility index (Phi) is 3.31. The van der Waals surface area contributed by atoms with Gasteiger partial charge in [-0.1, -0.05) is 23.5 Å². The molecule has 2 aromatic rings. The lowest BCUT2D eigenvalue weighted by atomic mass is 10.1. The highest BCUT2D eigenvalue weighted by atomic mass is 32.1. The molecule has 0 atom stereocenters. The molecule has 0 radical (unpaired) electrons. The van der Waals surface area contributed by atoms with Crippen LogP contribution >= 0.6 is 11.3 Å². The minimum Gasteiger partial charge on any atom is -0.494 e. The Morgan fingerprint density at radius 2 is 2.10 bits per heavy atom. The largest absolute Gasteiger partial charge is 0.494 e. The lowest BCUT2D eigenvalue weighted by Gasteiger charge is -2.14. The van der Waals surface area contributed by atoms with Crippen molar-refractivity contribution in [1.29, 1.82) is 0 Å². The van der Waals surface area contributed by atoms with Crippen molar-refractivity contribution in [2.75, 3.05) is 18.5 Å². The van der Waals surface area contributed by atoms with Crippen molar-refractivity contribution in [3.63, 3.8) is 0 Å². The smallest absolute Gasteiger partial charge is 0.295 e. The molecule has 1 N–H and O–H groups in total. The van der Waals surface area contributed by atoms with Crippen molar-refractivity contribution in [2.24, 2.45) is 0 Å². The number of fused-ring (bicyclic) bond motifs is 1. The van der Waals surface area contributed by atoms with Crippen molar-refractivity contribution < 1.29 is 14.3 Å². The van der Waals surface area contributed by atoms with E-state index in [-0.39, 0.29) is 11.7 Å². The van der Waals surface area contributed by atoms with Gasteiger partial charge in [0.05, 0.1) is 10.2 Å². The van der Waals surface area contributed by atoms with Gasteiger partial charge in [-0.3, -0.25) is 10.1 Å². The molecule has 2 heterocycles. The van der Waals surface area contributed by atoms with Crippen LogP contribution in [-0.2, 0) is 14.3 Å². The van der Waals surface area contributed by atoms with Crippen LogP contribution in [0.2, 0.25) is 0 Å². The molecule has 0 saturated carbocycles. The van der Waals surface area contributed by atoms with Gasteiger partial charge >= 0.3 is 0 Å². The van der Waals surface area contributed by atoms with Gasteiger partial charge in [-0.05, 0) is 25.0 Å². The van der Waals surface area contributed by atoms with Gasteiger partial charge in [0.15, 0.2) is 5.13 Å². The zero-order valence-corrected chi connectivity index (χ0v) is 12.0. The second-order valence-electron chi connectivity index (χ2n) is 4.55. The fourth-order valence-electron chi connectivity index (χ4n) is 1.96. The van der Waals surface area contributed by atoms with E-state index in [1.54, 1.807) is 0 Å². The fourth-order valence-corrected chi connectivity index (χ4v) is 2.97. The molecule has 3 rings (SSSR count). The predicted molar refractivity (Wildman–Crippen MR) is 77.7 cm³/mol. The first-order chi connectivity index (χ1) is 9.65. The highest BCUT2D eigenvalue weighted by Gasteiger charge is 2.17. The van der Waals surface area contributed by atoms with Crippen molar-refractivity contribution in [1.82, 2.24) is 4.98 Å². The first kappa shape index (κ1) is 12.9. The molecule has 0 aliphatic carbocycles. The zero-order chi connectivity index (χ0) is 14.1. The molecule has 0 spiro atoms. The Morgan fingerprint density at radius 1 is 1.30 bits per heavy atom. The summed E-state index contributed by atoms with van der Waals surface area (Å²) >= 11 is 1.46. The average Bonchev–Trinajstić information content (AvgIpc) is 2.89. The van der Waals surface area contributed by atoms with Crippen molar-refractivity contribution >= 4 is 32.6 Å². The third kappa shape index (κ3) is 2.34. The van der Waals surface area contributed by atoms with Crippen molar-refractivity contribution in [2.45, 2.75) is 13.8 Å². The van der Waals surface area contributed by atoms with Crippen LogP contribution < -0.4 is 5.32 Å². The van der Waals surface area contributed by atoms with Crippen LogP contribution in [0.3, 0.4) is 0 Å². The van der Waals surface area contributed by atoms with E-state index >= 15 is 0 Å². The molecule has 6 heteroatoms. The van der Waals surface area contributed by atoms with E-state index in [2.05, 4.69) is 16.4 Å². The summed E-state index contributed by atoms with van der Waals surface area (Å²) in [5, 5.41) is 3.32. The van der Waals surface area contributed by atoms with E-state index in [4.69, 9.17) is 9.47 Å². The number of carbonyl (C=O) groups is 1. The van der Waals surface area contributed by atoms with Crippen LogP contribution in [0.4, 0.5) is 5.13 Å². The Morgan fingerprint density at radius 3 is 2.80 bits per heavy atom. The van der Waals surface area contributed by atoms with E-state index in [0.29, 0.717) is 18.3 Å². The number of anilines is 1. The molecular formula is C14H14N2O3S. The number of benzene rings is 1. The maximum atomic E-state index is 12.0. The summed E-state index contributed by atoms with van der Waals surface area (Å²) in [7, 11) is 0. The fraction of sp³-hybridized carbons (Fsp3) is 0.286. The van der Waals surface area contributed by atoms with Gasteiger partial charge in [-0.25, -0.2) is 4.98 Å². The topological polar surface area (TPSA) is 60.5 Å². The summed E-state index contributed by atoms with van der Waals surface area (Å²) in [4.78, 5) is 16.5. The Labute approximate surface area is 120 Å². The number of hydrogen-bond acceptors (Lipinski definition) is 5. The van der Waals surface area contributed by atoms with Crippen LogP contribution in [0.15, 0.2) is 24.2 Å². The molecule has 0 unspecified atom stereocenters.